The first-order valence-electron chi connectivity index (χ1n) is 8.12. The van der Waals surface area contributed by atoms with E-state index in [4.69, 9.17) is 0 Å². The molecule has 1 fully saturated rings. The molecule has 2 heteroatoms. The minimum Gasteiger partial charge on any atom is -0.313 e. The van der Waals surface area contributed by atoms with Crippen molar-refractivity contribution in [3.05, 3.63) is 0 Å². The third kappa shape index (κ3) is 6.47. The Morgan fingerprint density at radius 2 is 1.78 bits per heavy atom. The predicted molar refractivity (Wildman–Crippen MR) is 85.5 cm³/mol. The second-order valence-electron chi connectivity index (χ2n) is 5.86. The lowest BCUT2D eigenvalue weighted by Crippen LogP contribution is -2.39. The molecular weight excluding hydrogens is 238 g/mol. The molecule has 0 aromatic carbocycles. The normalized spacial score (nSPS) is 21.5. The molecule has 0 spiro atoms. The maximum absolute atomic E-state index is 3.83. The van der Waals surface area contributed by atoms with Crippen molar-refractivity contribution < 1.29 is 0 Å². The number of hydrogen-bond donors (Lipinski definition) is 1. The second kappa shape index (κ2) is 10.1. The summed E-state index contributed by atoms with van der Waals surface area (Å²) in [6, 6.07) is 0.766. The maximum Gasteiger partial charge on any atom is 0.0186 e. The molecule has 1 nitrogen and oxygen atoms in total. The van der Waals surface area contributed by atoms with Crippen LogP contribution in [-0.4, -0.2) is 23.6 Å². The summed E-state index contributed by atoms with van der Waals surface area (Å²) in [5.41, 5.74) is 0. The second-order valence-corrected chi connectivity index (χ2v) is 7.34. The molecule has 0 radical (unpaired) electrons. The molecule has 18 heavy (non-hydrogen) atoms. The Bertz CT molecular complexity index is 188. The van der Waals surface area contributed by atoms with E-state index < -0.39 is 0 Å². The minimum atomic E-state index is 0.766. The molecule has 0 aromatic heterocycles. The highest BCUT2D eigenvalue weighted by Gasteiger charge is 2.22. The summed E-state index contributed by atoms with van der Waals surface area (Å²) in [5.74, 6) is 2.26. The van der Waals surface area contributed by atoms with Gasteiger partial charge in [0.15, 0.2) is 0 Å². The highest BCUT2D eigenvalue weighted by Crippen LogP contribution is 2.28. The first kappa shape index (κ1) is 16.4. The summed E-state index contributed by atoms with van der Waals surface area (Å²) < 4.78 is 0. The molecule has 1 N–H and O–H groups in total. The summed E-state index contributed by atoms with van der Waals surface area (Å²) >= 11 is 2.17. The highest BCUT2D eigenvalue weighted by atomic mass is 32.2. The molecule has 0 saturated heterocycles. The first-order valence-corrected chi connectivity index (χ1v) is 9.17. The third-order valence-corrected chi connectivity index (χ3v) is 5.71. The monoisotopic (exact) mass is 271 g/mol. The van der Waals surface area contributed by atoms with Gasteiger partial charge in [0.05, 0.1) is 0 Å². The van der Waals surface area contributed by atoms with Gasteiger partial charge in [-0.1, -0.05) is 46.5 Å². The van der Waals surface area contributed by atoms with Crippen LogP contribution in [0.25, 0.3) is 0 Å². The van der Waals surface area contributed by atoms with Crippen molar-refractivity contribution in [1.82, 2.24) is 5.32 Å². The van der Waals surface area contributed by atoms with Crippen LogP contribution < -0.4 is 5.32 Å². The number of rotatable bonds is 8. The summed E-state index contributed by atoms with van der Waals surface area (Å²) in [6.07, 6.45) is 11.3. The average molecular weight is 272 g/mol. The van der Waals surface area contributed by atoms with Gasteiger partial charge < -0.3 is 5.32 Å². The van der Waals surface area contributed by atoms with Crippen molar-refractivity contribution in [2.75, 3.05) is 12.3 Å². The SMILES string of the molecule is CCCNC(CSC(C)CC)C1CCCCCC1. The molecule has 1 aliphatic carbocycles. The van der Waals surface area contributed by atoms with Crippen molar-refractivity contribution in [3.8, 4) is 0 Å². The Hall–Kier alpha value is 0.310. The van der Waals surface area contributed by atoms with Crippen molar-refractivity contribution >= 4 is 11.8 Å². The van der Waals surface area contributed by atoms with Gasteiger partial charge in [0.25, 0.3) is 0 Å². The van der Waals surface area contributed by atoms with E-state index in [9.17, 15) is 0 Å². The van der Waals surface area contributed by atoms with Crippen LogP contribution in [0.4, 0.5) is 0 Å². The van der Waals surface area contributed by atoms with E-state index in [0.29, 0.717) is 0 Å². The minimum absolute atomic E-state index is 0.766. The van der Waals surface area contributed by atoms with Crippen LogP contribution in [0.1, 0.15) is 72.1 Å². The van der Waals surface area contributed by atoms with Gasteiger partial charge in [0, 0.05) is 17.0 Å². The molecule has 0 aliphatic heterocycles. The highest BCUT2D eigenvalue weighted by molar-refractivity contribution is 7.99. The Balaban J connectivity index is 2.41. The van der Waals surface area contributed by atoms with E-state index in [1.54, 1.807) is 0 Å². The number of thioether (sulfide) groups is 1. The van der Waals surface area contributed by atoms with E-state index in [0.717, 1.165) is 17.2 Å². The Labute approximate surface area is 119 Å². The summed E-state index contributed by atoms with van der Waals surface area (Å²) in [7, 11) is 0. The van der Waals surface area contributed by atoms with Crippen LogP contribution in [0.15, 0.2) is 0 Å². The number of hydrogen-bond acceptors (Lipinski definition) is 2. The number of nitrogens with one attached hydrogen (secondary N) is 1. The molecule has 108 valence electrons. The van der Waals surface area contributed by atoms with Crippen molar-refractivity contribution in [2.45, 2.75) is 83.4 Å². The molecule has 0 bridgehead atoms. The third-order valence-electron chi connectivity index (χ3n) is 4.26. The lowest BCUT2D eigenvalue weighted by Gasteiger charge is -2.28. The lowest BCUT2D eigenvalue weighted by atomic mass is 9.93. The van der Waals surface area contributed by atoms with E-state index in [1.165, 1.54) is 63.7 Å². The Morgan fingerprint density at radius 3 is 2.33 bits per heavy atom. The molecular formula is C16H33NS. The standard InChI is InChI=1S/C16H33NS/c1-4-12-17-16(13-18-14(3)5-2)15-10-8-6-7-9-11-15/h14-17H,4-13H2,1-3H3. The zero-order valence-corrected chi connectivity index (χ0v) is 13.5. The van der Waals surface area contributed by atoms with Gasteiger partial charge in [-0.3, -0.25) is 0 Å². The fraction of sp³-hybridized carbons (Fsp3) is 1.00. The quantitative estimate of drug-likeness (QED) is 0.633. The van der Waals surface area contributed by atoms with Gasteiger partial charge >= 0.3 is 0 Å². The molecule has 2 unspecified atom stereocenters. The smallest absolute Gasteiger partial charge is 0.0186 e. The van der Waals surface area contributed by atoms with E-state index >= 15 is 0 Å². The predicted octanol–water partition coefficient (Wildman–Crippen LogP) is 4.86. The van der Waals surface area contributed by atoms with Crippen LogP contribution in [0.3, 0.4) is 0 Å². The maximum atomic E-state index is 3.83. The molecule has 1 saturated carbocycles. The van der Waals surface area contributed by atoms with Crippen molar-refractivity contribution in [1.29, 1.82) is 0 Å². The molecule has 0 amide bonds. The fourth-order valence-corrected chi connectivity index (χ4v) is 3.95. The summed E-state index contributed by atoms with van der Waals surface area (Å²) in [6.45, 7) is 8.15. The van der Waals surface area contributed by atoms with Crippen LogP contribution in [0.5, 0.6) is 0 Å². The van der Waals surface area contributed by atoms with Gasteiger partial charge in [-0.25, -0.2) is 0 Å². The van der Waals surface area contributed by atoms with E-state index in [1.807, 2.05) is 0 Å². The van der Waals surface area contributed by atoms with Gasteiger partial charge in [0.1, 0.15) is 0 Å². The largest absolute Gasteiger partial charge is 0.313 e. The Kier molecular flexibility index (Phi) is 9.22. The molecule has 0 aromatic rings. The zero-order chi connectivity index (χ0) is 13.2. The molecule has 1 rings (SSSR count). The van der Waals surface area contributed by atoms with Crippen LogP contribution in [-0.2, 0) is 0 Å². The average Bonchev–Trinajstić information content (AvgIpc) is 2.67. The first-order chi connectivity index (χ1) is 8.77. The topological polar surface area (TPSA) is 12.0 Å². The summed E-state index contributed by atoms with van der Waals surface area (Å²) in [5, 5.41) is 4.65. The summed E-state index contributed by atoms with van der Waals surface area (Å²) in [4.78, 5) is 0. The molecule has 1 aliphatic rings. The van der Waals surface area contributed by atoms with Crippen molar-refractivity contribution in [2.24, 2.45) is 5.92 Å². The van der Waals surface area contributed by atoms with Crippen LogP contribution in [0, 0.1) is 5.92 Å². The van der Waals surface area contributed by atoms with Crippen LogP contribution in [0.2, 0.25) is 0 Å². The lowest BCUT2D eigenvalue weighted by molar-refractivity contribution is 0.343. The molecule has 2 atom stereocenters. The fourth-order valence-electron chi connectivity index (χ4n) is 2.79. The van der Waals surface area contributed by atoms with Crippen LogP contribution >= 0.6 is 11.8 Å². The van der Waals surface area contributed by atoms with Crippen molar-refractivity contribution in [3.63, 3.8) is 0 Å². The molecule has 0 heterocycles. The zero-order valence-electron chi connectivity index (χ0n) is 12.7. The van der Waals surface area contributed by atoms with Gasteiger partial charge in [-0.15, -0.1) is 0 Å². The van der Waals surface area contributed by atoms with Gasteiger partial charge in [-0.05, 0) is 38.1 Å². The van der Waals surface area contributed by atoms with E-state index in [2.05, 4.69) is 37.8 Å². The Morgan fingerprint density at radius 1 is 1.11 bits per heavy atom. The van der Waals surface area contributed by atoms with Gasteiger partial charge in [-0.2, -0.15) is 11.8 Å². The van der Waals surface area contributed by atoms with Gasteiger partial charge in [0.2, 0.25) is 0 Å². The van der Waals surface area contributed by atoms with E-state index in [-0.39, 0.29) is 0 Å².